The highest BCUT2D eigenvalue weighted by Gasteiger charge is 2.08. The second-order valence-corrected chi connectivity index (χ2v) is 4.09. The third-order valence-corrected chi connectivity index (χ3v) is 2.29. The Bertz CT molecular complexity index is 171. The molecule has 0 N–H and O–H groups in total. The minimum atomic E-state index is -3.98. The molecule has 61 valence electrons. The van der Waals surface area contributed by atoms with Gasteiger partial charge in [-0.15, -0.1) is 0 Å². The maximum atomic E-state index is 10.1. The van der Waals surface area contributed by atoms with E-state index in [9.17, 15) is 13.0 Å². The van der Waals surface area contributed by atoms with Crippen LogP contribution in [-0.2, 0) is 14.7 Å². The van der Waals surface area contributed by atoms with Gasteiger partial charge in [-0.1, -0.05) is 24.8 Å². The van der Waals surface area contributed by atoms with Crippen molar-refractivity contribution in [1.29, 1.82) is 0 Å². The van der Waals surface area contributed by atoms with Gasteiger partial charge in [0.25, 0.3) is 10.1 Å². The Morgan fingerprint density at radius 1 is 1.40 bits per heavy atom. The van der Waals surface area contributed by atoms with E-state index in [0.717, 1.165) is 6.42 Å². The lowest BCUT2D eigenvalue weighted by molar-refractivity contribution is 0.407. The summed E-state index contributed by atoms with van der Waals surface area (Å²) in [5, 5.41) is 0. The van der Waals surface area contributed by atoms with Crippen LogP contribution in [0.25, 0.3) is 0 Å². The molecular formula is C6H13O3S. The maximum absolute atomic E-state index is 10.1. The van der Waals surface area contributed by atoms with E-state index in [4.69, 9.17) is 0 Å². The molecule has 3 nitrogen and oxygen atoms in total. The predicted molar refractivity (Wildman–Crippen MR) is 38.5 cm³/mol. The molecule has 4 heteroatoms. The molecule has 0 heterocycles. The van der Waals surface area contributed by atoms with Gasteiger partial charge in [0.05, 0.1) is 5.75 Å². The summed E-state index contributed by atoms with van der Waals surface area (Å²) in [4.78, 5) is 0. The number of hydrogen-bond acceptors (Lipinski definition) is 2. The van der Waals surface area contributed by atoms with Crippen LogP contribution in [0.1, 0.15) is 26.7 Å². The van der Waals surface area contributed by atoms with Gasteiger partial charge >= 0.3 is 0 Å². The second kappa shape index (κ2) is 3.93. The molecular weight excluding hydrogens is 152 g/mol. The topological polar surface area (TPSA) is 54.0 Å². The molecule has 0 spiro atoms. The minimum absolute atomic E-state index is 0.220. The Morgan fingerprint density at radius 3 is 2.20 bits per heavy atom. The molecule has 0 saturated heterocycles. The smallest absolute Gasteiger partial charge is 0.197 e. The van der Waals surface area contributed by atoms with Crippen LogP contribution in [0, 0.1) is 5.92 Å². The van der Waals surface area contributed by atoms with Crippen molar-refractivity contribution in [2.75, 3.05) is 5.75 Å². The Labute approximate surface area is 62.2 Å². The number of hydrogen-bond donors (Lipinski definition) is 0. The van der Waals surface area contributed by atoms with Gasteiger partial charge in [0.2, 0.25) is 0 Å². The molecule has 0 bridgehead atoms. The molecule has 1 unspecified atom stereocenters. The molecule has 10 heavy (non-hydrogen) atoms. The second-order valence-electron chi connectivity index (χ2n) is 2.56. The van der Waals surface area contributed by atoms with E-state index >= 15 is 0 Å². The molecule has 0 amide bonds. The largest absolute Gasteiger partial charge is 0.294 e. The quantitative estimate of drug-likeness (QED) is 0.628. The molecule has 0 aromatic heterocycles. The first-order valence-corrected chi connectivity index (χ1v) is 4.97. The summed E-state index contributed by atoms with van der Waals surface area (Å²) < 4.78 is 30.3. The first-order chi connectivity index (χ1) is 4.45. The van der Waals surface area contributed by atoms with Gasteiger partial charge in [-0.3, -0.25) is 0 Å². The Balaban J connectivity index is 3.56. The standard InChI is InChI=1S/C6H13O3S/c1-3-6(2)4-5-10(7,8)9/h6H,3-5H2,1-2H3. The van der Waals surface area contributed by atoms with Crippen molar-refractivity contribution in [1.82, 2.24) is 0 Å². The molecule has 0 aromatic carbocycles. The fourth-order valence-corrected chi connectivity index (χ4v) is 1.24. The van der Waals surface area contributed by atoms with Crippen LogP contribution in [-0.4, -0.2) is 14.2 Å². The van der Waals surface area contributed by atoms with Crippen molar-refractivity contribution in [3.63, 3.8) is 0 Å². The molecule has 0 aliphatic heterocycles. The summed E-state index contributed by atoms with van der Waals surface area (Å²) in [7, 11) is -3.98. The zero-order chi connectivity index (χ0) is 8.20. The molecule has 0 aliphatic carbocycles. The van der Waals surface area contributed by atoms with E-state index in [1.54, 1.807) is 0 Å². The van der Waals surface area contributed by atoms with Crippen LogP contribution < -0.4 is 0 Å². The van der Waals surface area contributed by atoms with E-state index in [1.165, 1.54) is 0 Å². The van der Waals surface area contributed by atoms with Gasteiger partial charge in [0, 0.05) is 0 Å². The molecule has 0 rings (SSSR count). The van der Waals surface area contributed by atoms with Crippen molar-refractivity contribution in [3.8, 4) is 0 Å². The van der Waals surface area contributed by atoms with E-state index in [1.807, 2.05) is 13.8 Å². The highest BCUT2D eigenvalue weighted by molar-refractivity contribution is 7.85. The van der Waals surface area contributed by atoms with Crippen molar-refractivity contribution in [3.05, 3.63) is 0 Å². The van der Waals surface area contributed by atoms with E-state index in [0.29, 0.717) is 12.3 Å². The first-order valence-electron chi connectivity index (χ1n) is 3.39. The van der Waals surface area contributed by atoms with E-state index < -0.39 is 10.1 Å². The highest BCUT2D eigenvalue weighted by Crippen LogP contribution is 2.07. The van der Waals surface area contributed by atoms with Crippen LogP contribution in [0.4, 0.5) is 0 Å². The van der Waals surface area contributed by atoms with Crippen LogP contribution >= 0.6 is 0 Å². The van der Waals surface area contributed by atoms with Gasteiger partial charge in [-0.2, -0.15) is 8.42 Å². The predicted octanol–water partition coefficient (Wildman–Crippen LogP) is 1.18. The summed E-state index contributed by atoms with van der Waals surface area (Å²) >= 11 is 0. The lowest BCUT2D eigenvalue weighted by Gasteiger charge is -2.03. The van der Waals surface area contributed by atoms with Crippen molar-refractivity contribution < 1.29 is 13.0 Å². The van der Waals surface area contributed by atoms with E-state index in [2.05, 4.69) is 0 Å². The fraction of sp³-hybridized carbons (Fsp3) is 1.00. The van der Waals surface area contributed by atoms with Crippen molar-refractivity contribution in [2.24, 2.45) is 5.92 Å². The monoisotopic (exact) mass is 165 g/mol. The zero-order valence-electron chi connectivity index (χ0n) is 6.33. The summed E-state index contributed by atoms with van der Waals surface area (Å²) in [5.41, 5.74) is 0. The third-order valence-electron chi connectivity index (χ3n) is 1.56. The molecule has 0 fully saturated rings. The fourth-order valence-electron chi connectivity index (χ4n) is 0.550. The normalized spacial score (nSPS) is 15.1. The van der Waals surface area contributed by atoms with Crippen molar-refractivity contribution >= 4 is 10.1 Å². The SMILES string of the molecule is CCC(C)CCS([O])(=O)=O. The summed E-state index contributed by atoms with van der Waals surface area (Å²) in [6, 6.07) is 0. The Kier molecular flexibility index (Phi) is 3.89. The Hall–Kier alpha value is -0.0900. The molecule has 1 atom stereocenters. The lowest BCUT2D eigenvalue weighted by atomic mass is 10.1. The van der Waals surface area contributed by atoms with Gasteiger partial charge in [-0.05, 0) is 12.3 Å². The maximum Gasteiger partial charge on any atom is 0.294 e. The molecule has 0 aromatic rings. The molecule has 0 saturated carbocycles. The molecule has 1 radical (unpaired) electrons. The van der Waals surface area contributed by atoms with Gasteiger partial charge in [-0.25, -0.2) is 0 Å². The molecule has 0 aliphatic rings. The number of rotatable bonds is 4. The summed E-state index contributed by atoms with van der Waals surface area (Å²) in [6.07, 6.45) is 1.41. The van der Waals surface area contributed by atoms with Crippen LogP contribution in [0.2, 0.25) is 0 Å². The highest BCUT2D eigenvalue weighted by atomic mass is 32.2. The Morgan fingerprint density at radius 2 is 1.90 bits per heavy atom. The van der Waals surface area contributed by atoms with Crippen molar-refractivity contribution in [2.45, 2.75) is 26.7 Å². The third kappa shape index (κ3) is 6.04. The van der Waals surface area contributed by atoms with Gasteiger partial charge in [0.15, 0.2) is 0 Å². The van der Waals surface area contributed by atoms with Crippen LogP contribution in [0.15, 0.2) is 0 Å². The van der Waals surface area contributed by atoms with Gasteiger partial charge < -0.3 is 0 Å². The first kappa shape index (κ1) is 9.91. The van der Waals surface area contributed by atoms with Crippen LogP contribution in [0.3, 0.4) is 0 Å². The summed E-state index contributed by atoms with van der Waals surface area (Å²) in [5.74, 6) is 0.117. The summed E-state index contributed by atoms with van der Waals surface area (Å²) in [6.45, 7) is 3.91. The van der Waals surface area contributed by atoms with Crippen LogP contribution in [0.5, 0.6) is 0 Å². The minimum Gasteiger partial charge on any atom is -0.197 e. The zero-order valence-corrected chi connectivity index (χ0v) is 7.15. The average Bonchev–Trinajstić information content (AvgIpc) is 1.81. The lowest BCUT2D eigenvalue weighted by Crippen LogP contribution is -2.06. The average molecular weight is 165 g/mol. The van der Waals surface area contributed by atoms with Gasteiger partial charge in [0.1, 0.15) is 0 Å². The van der Waals surface area contributed by atoms with E-state index in [-0.39, 0.29) is 5.75 Å².